The summed E-state index contributed by atoms with van der Waals surface area (Å²) in [5, 5.41) is 3.25. The fourth-order valence-electron chi connectivity index (χ4n) is 2.87. The molecular formula is C19H20N4O2S. The van der Waals surface area contributed by atoms with Crippen molar-refractivity contribution in [2.24, 2.45) is 0 Å². The number of amides is 2. The molecule has 7 heteroatoms. The molecule has 1 unspecified atom stereocenters. The van der Waals surface area contributed by atoms with Crippen molar-refractivity contribution < 1.29 is 9.59 Å². The first kappa shape index (κ1) is 17.9. The molecule has 0 aromatic heterocycles. The summed E-state index contributed by atoms with van der Waals surface area (Å²) in [5.74, 6) is -0.289. The number of carbonyl (C=O) groups excluding carboxylic acids is 2. The van der Waals surface area contributed by atoms with Gasteiger partial charge < -0.3 is 10.2 Å². The van der Waals surface area contributed by atoms with Gasteiger partial charge >= 0.3 is 0 Å². The molecule has 1 aliphatic rings. The molecule has 3 N–H and O–H groups in total. The van der Waals surface area contributed by atoms with Gasteiger partial charge in [0.05, 0.1) is 0 Å². The maximum absolute atomic E-state index is 12.5. The third-order valence-electron chi connectivity index (χ3n) is 4.16. The Kier molecular flexibility index (Phi) is 5.80. The number of nitrogens with zero attached hydrogens (tertiary/aromatic N) is 1. The van der Waals surface area contributed by atoms with Gasteiger partial charge in [-0.1, -0.05) is 48.5 Å². The number of hydrogen-bond acceptors (Lipinski definition) is 3. The fraction of sp³-hybridized carbons (Fsp3) is 0.211. The van der Waals surface area contributed by atoms with Crippen LogP contribution in [0.3, 0.4) is 0 Å². The van der Waals surface area contributed by atoms with E-state index >= 15 is 0 Å². The Balaban J connectivity index is 1.54. The summed E-state index contributed by atoms with van der Waals surface area (Å²) in [6.45, 7) is 0.421. The topological polar surface area (TPSA) is 73.5 Å². The van der Waals surface area contributed by atoms with Crippen molar-refractivity contribution in [1.29, 1.82) is 0 Å². The molecule has 1 fully saturated rings. The van der Waals surface area contributed by atoms with E-state index in [0.29, 0.717) is 19.4 Å². The number of hydrogen-bond donors (Lipinski definition) is 3. The van der Waals surface area contributed by atoms with Crippen LogP contribution in [-0.4, -0.2) is 27.9 Å². The van der Waals surface area contributed by atoms with Gasteiger partial charge in [0.25, 0.3) is 5.91 Å². The van der Waals surface area contributed by atoms with Crippen molar-refractivity contribution in [3.05, 3.63) is 66.2 Å². The number of para-hydroxylation sites is 1. The molecule has 1 aliphatic heterocycles. The normalized spacial score (nSPS) is 16.2. The summed E-state index contributed by atoms with van der Waals surface area (Å²) >= 11 is 5.17. The van der Waals surface area contributed by atoms with Crippen LogP contribution in [0.15, 0.2) is 60.7 Å². The number of rotatable bonds is 4. The molecular weight excluding hydrogens is 348 g/mol. The SMILES string of the molecule is O=C(NNC(=S)Nc1ccccc1)C1CCC(=O)N1Cc1ccccc1. The zero-order valence-electron chi connectivity index (χ0n) is 14.1. The Labute approximate surface area is 157 Å². The molecule has 0 saturated carbocycles. The van der Waals surface area contributed by atoms with Crippen molar-refractivity contribution >= 4 is 34.8 Å². The van der Waals surface area contributed by atoms with Gasteiger partial charge in [-0.2, -0.15) is 0 Å². The minimum absolute atomic E-state index is 0.0148. The number of hydrazine groups is 1. The Morgan fingerprint density at radius 3 is 2.38 bits per heavy atom. The lowest BCUT2D eigenvalue weighted by molar-refractivity contribution is -0.136. The summed E-state index contributed by atoms with van der Waals surface area (Å²) in [7, 11) is 0. The second-order valence-corrected chi connectivity index (χ2v) is 6.40. The highest BCUT2D eigenvalue weighted by atomic mass is 32.1. The molecule has 0 spiro atoms. The van der Waals surface area contributed by atoms with Crippen molar-refractivity contribution in [3.63, 3.8) is 0 Å². The minimum atomic E-state index is -0.505. The molecule has 0 bridgehead atoms. The van der Waals surface area contributed by atoms with Gasteiger partial charge in [-0.05, 0) is 36.3 Å². The lowest BCUT2D eigenvalue weighted by atomic mass is 10.2. The number of likely N-dealkylation sites (tertiary alicyclic amines) is 1. The van der Waals surface area contributed by atoms with E-state index in [1.165, 1.54) is 0 Å². The van der Waals surface area contributed by atoms with E-state index in [1.807, 2.05) is 60.7 Å². The zero-order valence-corrected chi connectivity index (χ0v) is 15.0. The van der Waals surface area contributed by atoms with Gasteiger partial charge in [-0.25, -0.2) is 0 Å². The average molecular weight is 368 g/mol. The molecule has 6 nitrogen and oxygen atoms in total. The highest BCUT2D eigenvalue weighted by Crippen LogP contribution is 2.21. The second kappa shape index (κ2) is 8.44. The fourth-order valence-corrected chi connectivity index (χ4v) is 3.04. The van der Waals surface area contributed by atoms with Gasteiger partial charge in [-0.15, -0.1) is 0 Å². The van der Waals surface area contributed by atoms with Crippen LogP contribution >= 0.6 is 12.2 Å². The Morgan fingerprint density at radius 2 is 1.69 bits per heavy atom. The number of nitrogens with one attached hydrogen (secondary N) is 3. The first-order valence-corrected chi connectivity index (χ1v) is 8.79. The molecule has 26 heavy (non-hydrogen) atoms. The predicted molar refractivity (Wildman–Crippen MR) is 104 cm³/mol. The third kappa shape index (κ3) is 4.58. The van der Waals surface area contributed by atoms with E-state index in [2.05, 4.69) is 16.2 Å². The van der Waals surface area contributed by atoms with Crippen LogP contribution < -0.4 is 16.2 Å². The molecule has 0 radical (unpaired) electrons. The summed E-state index contributed by atoms with van der Waals surface area (Å²) in [4.78, 5) is 26.3. The second-order valence-electron chi connectivity index (χ2n) is 6.00. The molecule has 2 amide bonds. The highest BCUT2D eigenvalue weighted by Gasteiger charge is 2.35. The van der Waals surface area contributed by atoms with Crippen LogP contribution in [0.25, 0.3) is 0 Å². The summed E-state index contributed by atoms with van der Waals surface area (Å²) in [5.41, 5.74) is 7.10. The smallest absolute Gasteiger partial charge is 0.261 e. The van der Waals surface area contributed by atoms with Crippen LogP contribution in [-0.2, 0) is 16.1 Å². The van der Waals surface area contributed by atoms with E-state index in [9.17, 15) is 9.59 Å². The Bertz CT molecular complexity index is 783. The molecule has 1 heterocycles. The maximum atomic E-state index is 12.5. The van der Waals surface area contributed by atoms with Gasteiger partial charge in [0.2, 0.25) is 5.91 Å². The lowest BCUT2D eigenvalue weighted by Gasteiger charge is -2.24. The van der Waals surface area contributed by atoms with Crippen LogP contribution in [0.2, 0.25) is 0 Å². The summed E-state index contributed by atoms with van der Waals surface area (Å²) in [6.07, 6.45) is 0.871. The van der Waals surface area contributed by atoms with Gasteiger partial charge in [-0.3, -0.25) is 20.4 Å². The zero-order chi connectivity index (χ0) is 18.4. The molecule has 2 aromatic rings. The Morgan fingerprint density at radius 1 is 1.04 bits per heavy atom. The molecule has 134 valence electrons. The summed E-state index contributed by atoms with van der Waals surface area (Å²) < 4.78 is 0. The predicted octanol–water partition coefficient (Wildman–Crippen LogP) is 2.20. The maximum Gasteiger partial charge on any atom is 0.261 e. The van der Waals surface area contributed by atoms with Crippen LogP contribution in [0.1, 0.15) is 18.4 Å². The van der Waals surface area contributed by atoms with Crippen LogP contribution in [0.5, 0.6) is 0 Å². The van der Waals surface area contributed by atoms with Crippen molar-refractivity contribution in [2.45, 2.75) is 25.4 Å². The summed E-state index contributed by atoms with van der Waals surface area (Å²) in [6, 6.07) is 18.5. The molecule has 1 atom stereocenters. The van der Waals surface area contributed by atoms with Crippen molar-refractivity contribution in [3.8, 4) is 0 Å². The van der Waals surface area contributed by atoms with Crippen LogP contribution in [0, 0.1) is 0 Å². The number of thiocarbonyl (C=S) groups is 1. The Hall–Kier alpha value is -2.93. The first-order chi connectivity index (χ1) is 12.6. The number of anilines is 1. The van der Waals surface area contributed by atoms with E-state index in [4.69, 9.17) is 12.2 Å². The third-order valence-corrected chi connectivity index (χ3v) is 4.36. The standard InChI is InChI=1S/C19H20N4O2S/c24-17-12-11-16(23(17)13-14-7-3-1-4-8-14)18(25)21-22-19(26)20-15-9-5-2-6-10-15/h1-10,16H,11-13H2,(H,21,25)(H2,20,22,26). The molecule has 3 rings (SSSR count). The monoisotopic (exact) mass is 368 g/mol. The van der Waals surface area contributed by atoms with E-state index in [0.717, 1.165) is 11.3 Å². The molecule has 1 saturated heterocycles. The number of carbonyl (C=O) groups is 2. The van der Waals surface area contributed by atoms with E-state index in [-0.39, 0.29) is 16.9 Å². The minimum Gasteiger partial charge on any atom is -0.331 e. The van der Waals surface area contributed by atoms with Crippen LogP contribution in [0.4, 0.5) is 5.69 Å². The number of benzene rings is 2. The molecule has 2 aromatic carbocycles. The van der Waals surface area contributed by atoms with E-state index in [1.54, 1.807) is 4.90 Å². The van der Waals surface area contributed by atoms with Gasteiger partial charge in [0.15, 0.2) is 5.11 Å². The molecule has 0 aliphatic carbocycles. The van der Waals surface area contributed by atoms with Gasteiger partial charge in [0, 0.05) is 18.7 Å². The van der Waals surface area contributed by atoms with Crippen molar-refractivity contribution in [1.82, 2.24) is 15.8 Å². The lowest BCUT2D eigenvalue weighted by Crippen LogP contribution is -2.51. The quantitative estimate of drug-likeness (QED) is 0.570. The average Bonchev–Trinajstić information content (AvgIpc) is 3.02. The van der Waals surface area contributed by atoms with E-state index < -0.39 is 6.04 Å². The first-order valence-electron chi connectivity index (χ1n) is 8.39. The highest BCUT2D eigenvalue weighted by molar-refractivity contribution is 7.80. The van der Waals surface area contributed by atoms with Gasteiger partial charge in [0.1, 0.15) is 6.04 Å². The van der Waals surface area contributed by atoms with Crippen molar-refractivity contribution in [2.75, 3.05) is 5.32 Å². The largest absolute Gasteiger partial charge is 0.331 e.